The first-order valence-corrected chi connectivity index (χ1v) is 7.31. The molecule has 22 heavy (non-hydrogen) atoms. The van der Waals surface area contributed by atoms with Crippen molar-refractivity contribution in [2.24, 2.45) is 0 Å². The lowest BCUT2D eigenvalue weighted by Crippen LogP contribution is -1.88. The fourth-order valence-corrected chi connectivity index (χ4v) is 2.32. The molecule has 116 valence electrons. The van der Waals surface area contributed by atoms with Gasteiger partial charge in [0, 0.05) is 6.08 Å². The van der Waals surface area contributed by atoms with E-state index in [1.54, 1.807) is 13.0 Å². The molecule has 0 bridgehead atoms. The highest BCUT2D eigenvalue weighted by molar-refractivity contribution is 5.81. The number of aryl methyl sites for hydroxylation is 3. The van der Waals surface area contributed by atoms with E-state index < -0.39 is 5.97 Å². The second-order valence-electron chi connectivity index (χ2n) is 5.64. The van der Waals surface area contributed by atoms with E-state index in [0.29, 0.717) is 5.57 Å². The molecule has 0 amide bonds. The maximum Gasteiger partial charge on any atom is 0.328 e. The average Bonchev–Trinajstić information content (AvgIpc) is 2.36. The van der Waals surface area contributed by atoms with Crippen molar-refractivity contribution < 1.29 is 9.90 Å². The number of rotatable bonds is 5. The van der Waals surface area contributed by atoms with Crippen LogP contribution in [0.2, 0.25) is 0 Å². The highest BCUT2D eigenvalue weighted by Gasteiger charge is 1.99. The molecule has 0 unspecified atom stereocenters. The summed E-state index contributed by atoms with van der Waals surface area (Å²) < 4.78 is 0. The molecule has 1 N–H and O–H groups in total. The Balaban J connectivity index is 2.84. The fourth-order valence-electron chi connectivity index (χ4n) is 2.32. The SMILES string of the molecule is CC(/C=C/c1c(C)cc(C)cc1C)=C\C=C\C(C)=C\C(=O)O. The van der Waals surface area contributed by atoms with E-state index in [4.69, 9.17) is 5.11 Å². The first-order chi connectivity index (χ1) is 10.3. The Morgan fingerprint density at radius 2 is 1.59 bits per heavy atom. The van der Waals surface area contributed by atoms with Gasteiger partial charge in [-0.3, -0.25) is 0 Å². The van der Waals surface area contributed by atoms with Gasteiger partial charge in [0.05, 0.1) is 0 Å². The van der Waals surface area contributed by atoms with Gasteiger partial charge in [-0.05, 0) is 56.9 Å². The lowest BCUT2D eigenvalue weighted by Gasteiger charge is -2.07. The third-order valence-electron chi connectivity index (χ3n) is 3.32. The molecule has 1 aromatic carbocycles. The Hall–Kier alpha value is -2.35. The zero-order valence-electron chi connectivity index (χ0n) is 14.0. The molecule has 1 rings (SSSR count). The first-order valence-electron chi connectivity index (χ1n) is 7.31. The molecular weight excluding hydrogens is 272 g/mol. The number of benzene rings is 1. The standard InChI is InChI=1S/C20H24O2/c1-14(7-6-8-15(2)13-20(21)22)9-10-19-17(4)11-16(3)12-18(19)5/h6-13H,1-5H3,(H,21,22)/b8-6+,10-9+,14-7+,15-13+. The lowest BCUT2D eigenvalue weighted by molar-refractivity contribution is -0.131. The van der Waals surface area contributed by atoms with Crippen LogP contribution in [0.5, 0.6) is 0 Å². The van der Waals surface area contributed by atoms with Crippen LogP contribution >= 0.6 is 0 Å². The van der Waals surface area contributed by atoms with Crippen LogP contribution in [0.15, 0.2) is 53.7 Å². The molecule has 2 nitrogen and oxygen atoms in total. The summed E-state index contributed by atoms with van der Waals surface area (Å²) in [4.78, 5) is 10.5. The van der Waals surface area contributed by atoms with Gasteiger partial charge in [0.1, 0.15) is 0 Å². The maximum absolute atomic E-state index is 10.5. The van der Waals surface area contributed by atoms with Crippen LogP contribution in [-0.4, -0.2) is 11.1 Å². The molecule has 0 saturated carbocycles. The van der Waals surface area contributed by atoms with E-state index >= 15 is 0 Å². The number of carboxylic acid groups (broad SMARTS) is 1. The first kappa shape index (κ1) is 17.7. The molecular formula is C20H24O2. The van der Waals surface area contributed by atoms with E-state index in [2.05, 4.69) is 45.1 Å². The van der Waals surface area contributed by atoms with Gasteiger partial charge in [-0.25, -0.2) is 4.79 Å². The highest BCUT2D eigenvalue weighted by atomic mass is 16.4. The van der Waals surface area contributed by atoms with Gasteiger partial charge in [0.25, 0.3) is 0 Å². The lowest BCUT2D eigenvalue weighted by atomic mass is 9.99. The molecule has 0 saturated heterocycles. The average molecular weight is 296 g/mol. The third-order valence-corrected chi connectivity index (χ3v) is 3.32. The molecule has 0 aliphatic carbocycles. The molecule has 0 aliphatic heterocycles. The van der Waals surface area contributed by atoms with Gasteiger partial charge in [-0.15, -0.1) is 0 Å². The quantitative estimate of drug-likeness (QED) is 0.602. The minimum Gasteiger partial charge on any atom is -0.478 e. The smallest absolute Gasteiger partial charge is 0.328 e. The summed E-state index contributed by atoms with van der Waals surface area (Å²) in [7, 11) is 0. The van der Waals surface area contributed by atoms with Crippen LogP contribution in [0.25, 0.3) is 6.08 Å². The number of hydrogen-bond donors (Lipinski definition) is 1. The molecule has 0 aliphatic rings. The maximum atomic E-state index is 10.5. The predicted molar refractivity (Wildman–Crippen MR) is 94.0 cm³/mol. The van der Waals surface area contributed by atoms with Crippen molar-refractivity contribution in [1.29, 1.82) is 0 Å². The number of aliphatic carboxylic acids is 1. The molecule has 0 radical (unpaired) electrons. The monoisotopic (exact) mass is 296 g/mol. The van der Waals surface area contributed by atoms with Crippen molar-refractivity contribution in [3.8, 4) is 0 Å². The summed E-state index contributed by atoms with van der Waals surface area (Å²) in [6, 6.07) is 4.37. The summed E-state index contributed by atoms with van der Waals surface area (Å²) in [6.45, 7) is 10.1. The molecule has 1 aromatic rings. The van der Waals surface area contributed by atoms with E-state index in [1.807, 2.05) is 19.1 Å². The van der Waals surface area contributed by atoms with E-state index in [-0.39, 0.29) is 0 Å². The van der Waals surface area contributed by atoms with E-state index in [1.165, 1.54) is 28.3 Å². The third kappa shape index (κ3) is 5.96. The van der Waals surface area contributed by atoms with Crippen molar-refractivity contribution in [2.45, 2.75) is 34.6 Å². The predicted octanol–water partition coefficient (Wildman–Crippen LogP) is 5.16. The topological polar surface area (TPSA) is 37.3 Å². The molecule has 0 fully saturated rings. The Bertz CT molecular complexity index is 648. The number of carbonyl (C=O) groups is 1. The summed E-state index contributed by atoms with van der Waals surface area (Å²) in [5.41, 5.74) is 6.91. The van der Waals surface area contributed by atoms with Crippen LogP contribution in [0, 0.1) is 20.8 Å². The Morgan fingerprint density at radius 1 is 1.00 bits per heavy atom. The Labute approximate surface area is 133 Å². The van der Waals surface area contributed by atoms with Crippen molar-refractivity contribution >= 4 is 12.0 Å². The number of hydrogen-bond acceptors (Lipinski definition) is 1. The van der Waals surface area contributed by atoms with Crippen molar-refractivity contribution in [3.05, 3.63) is 75.9 Å². The summed E-state index contributed by atoms with van der Waals surface area (Å²) in [6.07, 6.45) is 11.0. The van der Waals surface area contributed by atoms with Crippen molar-refractivity contribution in [2.75, 3.05) is 0 Å². The molecule has 0 spiro atoms. The van der Waals surface area contributed by atoms with Crippen molar-refractivity contribution in [1.82, 2.24) is 0 Å². The van der Waals surface area contributed by atoms with Crippen LogP contribution in [0.1, 0.15) is 36.1 Å². The summed E-state index contributed by atoms with van der Waals surface area (Å²) in [5, 5.41) is 8.64. The molecule has 0 heterocycles. The second kappa shape index (κ2) is 8.18. The largest absolute Gasteiger partial charge is 0.478 e. The van der Waals surface area contributed by atoms with E-state index in [9.17, 15) is 4.79 Å². The van der Waals surface area contributed by atoms with Crippen LogP contribution < -0.4 is 0 Å². The van der Waals surface area contributed by atoms with Crippen LogP contribution in [-0.2, 0) is 4.79 Å². The van der Waals surface area contributed by atoms with Gasteiger partial charge >= 0.3 is 5.97 Å². The molecule has 0 atom stereocenters. The Kier molecular flexibility index (Phi) is 6.58. The number of allylic oxidation sites excluding steroid dienone is 6. The van der Waals surface area contributed by atoms with Gasteiger partial charge in [0.2, 0.25) is 0 Å². The fraction of sp³-hybridized carbons (Fsp3) is 0.250. The van der Waals surface area contributed by atoms with Crippen LogP contribution in [0.4, 0.5) is 0 Å². The van der Waals surface area contributed by atoms with E-state index in [0.717, 1.165) is 5.57 Å². The van der Waals surface area contributed by atoms with Gasteiger partial charge in [-0.1, -0.05) is 53.6 Å². The Morgan fingerprint density at radius 3 is 2.14 bits per heavy atom. The van der Waals surface area contributed by atoms with Crippen LogP contribution in [0.3, 0.4) is 0 Å². The van der Waals surface area contributed by atoms with Gasteiger partial charge in [-0.2, -0.15) is 0 Å². The molecule has 0 aromatic heterocycles. The number of carboxylic acids is 1. The normalized spacial score (nSPS) is 13.3. The van der Waals surface area contributed by atoms with Gasteiger partial charge in [0.15, 0.2) is 0 Å². The highest BCUT2D eigenvalue weighted by Crippen LogP contribution is 2.18. The summed E-state index contributed by atoms with van der Waals surface area (Å²) >= 11 is 0. The van der Waals surface area contributed by atoms with Gasteiger partial charge < -0.3 is 5.11 Å². The minimum absolute atomic E-state index is 0.714. The molecule has 2 heteroatoms. The zero-order valence-corrected chi connectivity index (χ0v) is 14.0. The van der Waals surface area contributed by atoms with Crippen molar-refractivity contribution in [3.63, 3.8) is 0 Å². The zero-order chi connectivity index (χ0) is 16.7. The minimum atomic E-state index is -0.923. The second-order valence-corrected chi connectivity index (χ2v) is 5.64. The summed E-state index contributed by atoms with van der Waals surface area (Å²) in [5.74, 6) is -0.923.